The van der Waals surface area contributed by atoms with Gasteiger partial charge in [0.1, 0.15) is 0 Å². The van der Waals surface area contributed by atoms with Crippen LogP contribution in [0.1, 0.15) is 25.8 Å². The van der Waals surface area contributed by atoms with Gasteiger partial charge in [0.2, 0.25) is 0 Å². The Morgan fingerprint density at radius 2 is 1.95 bits per heavy atom. The van der Waals surface area contributed by atoms with E-state index in [0.29, 0.717) is 11.3 Å². The smallest absolute Gasteiger partial charge is 0.191 e. The normalized spacial score (nSPS) is 14.7. The van der Waals surface area contributed by atoms with Crippen LogP contribution in [0.5, 0.6) is 0 Å². The van der Waals surface area contributed by atoms with Gasteiger partial charge in [-0.1, -0.05) is 37.3 Å². The van der Waals surface area contributed by atoms with E-state index >= 15 is 0 Å². The van der Waals surface area contributed by atoms with Crippen molar-refractivity contribution in [2.24, 2.45) is 4.99 Å². The first-order valence-electron chi connectivity index (χ1n) is 7.19. The Hall–Kier alpha value is -1.16. The Kier molecular flexibility index (Phi) is 8.19. The molecule has 1 aromatic rings. The number of hydrogen-bond donors (Lipinski definition) is 2. The third-order valence-electron chi connectivity index (χ3n) is 3.27. The van der Waals surface area contributed by atoms with Crippen molar-refractivity contribution in [1.29, 1.82) is 0 Å². The molecule has 2 atom stereocenters. The number of nitrogens with zero attached hydrogens (tertiary/aromatic N) is 1. The van der Waals surface area contributed by atoms with Gasteiger partial charge in [0, 0.05) is 24.9 Å². The summed E-state index contributed by atoms with van der Waals surface area (Å²) >= 11 is 1.86. The molecule has 0 saturated heterocycles. The second kappa shape index (κ2) is 9.70. The fourth-order valence-electron chi connectivity index (χ4n) is 1.85. The molecule has 0 spiro atoms. The Labute approximate surface area is 127 Å². The molecule has 0 aliphatic carbocycles. The fraction of sp³-hybridized carbons (Fsp3) is 0.562. The molecule has 112 valence electrons. The average Bonchev–Trinajstić information content (AvgIpc) is 2.49. The third kappa shape index (κ3) is 6.85. The second-order valence-electron chi connectivity index (χ2n) is 5.07. The highest BCUT2D eigenvalue weighted by Gasteiger charge is 2.06. The molecular weight excluding hydrogens is 266 g/mol. The lowest BCUT2D eigenvalue weighted by molar-refractivity contribution is 0.593. The SMILES string of the molecule is CN=C(NCC(C)SC)NC(C)CCc1ccccc1. The van der Waals surface area contributed by atoms with Crippen LogP contribution >= 0.6 is 11.8 Å². The predicted octanol–water partition coefficient (Wildman–Crippen LogP) is 2.92. The van der Waals surface area contributed by atoms with Crippen LogP contribution < -0.4 is 10.6 Å². The number of aryl methyl sites for hydroxylation is 1. The summed E-state index contributed by atoms with van der Waals surface area (Å²) in [5, 5.41) is 7.40. The summed E-state index contributed by atoms with van der Waals surface area (Å²) in [7, 11) is 1.82. The van der Waals surface area contributed by atoms with Crippen molar-refractivity contribution in [1.82, 2.24) is 10.6 Å². The minimum Gasteiger partial charge on any atom is -0.355 e. The molecule has 0 aliphatic heterocycles. The second-order valence-corrected chi connectivity index (χ2v) is 6.35. The van der Waals surface area contributed by atoms with Gasteiger partial charge in [-0.3, -0.25) is 4.99 Å². The highest BCUT2D eigenvalue weighted by molar-refractivity contribution is 7.99. The van der Waals surface area contributed by atoms with Crippen molar-refractivity contribution >= 4 is 17.7 Å². The fourth-order valence-corrected chi connectivity index (χ4v) is 2.10. The van der Waals surface area contributed by atoms with Gasteiger partial charge in [-0.2, -0.15) is 11.8 Å². The van der Waals surface area contributed by atoms with Gasteiger partial charge in [0.05, 0.1) is 0 Å². The van der Waals surface area contributed by atoms with E-state index in [-0.39, 0.29) is 0 Å². The van der Waals surface area contributed by atoms with E-state index in [1.165, 1.54) is 5.56 Å². The Morgan fingerprint density at radius 1 is 1.25 bits per heavy atom. The number of hydrogen-bond acceptors (Lipinski definition) is 2. The van der Waals surface area contributed by atoms with Crippen LogP contribution in [-0.2, 0) is 6.42 Å². The highest BCUT2D eigenvalue weighted by Crippen LogP contribution is 2.05. The van der Waals surface area contributed by atoms with E-state index in [9.17, 15) is 0 Å². The molecule has 0 fully saturated rings. The van der Waals surface area contributed by atoms with Crippen LogP contribution in [0, 0.1) is 0 Å². The number of nitrogens with one attached hydrogen (secondary N) is 2. The molecule has 2 unspecified atom stereocenters. The number of thioether (sulfide) groups is 1. The summed E-state index contributed by atoms with van der Waals surface area (Å²) in [5.41, 5.74) is 1.39. The first-order chi connectivity index (χ1) is 9.65. The molecule has 0 bridgehead atoms. The van der Waals surface area contributed by atoms with Crippen LogP contribution in [0.15, 0.2) is 35.3 Å². The van der Waals surface area contributed by atoms with Crippen LogP contribution in [-0.4, -0.2) is 37.1 Å². The molecule has 0 saturated carbocycles. The van der Waals surface area contributed by atoms with E-state index in [1.54, 1.807) is 0 Å². The van der Waals surface area contributed by atoms with Crippen molar-refractivity contribution in [2.75, 3.05) is 19.8 Å². The summed E-state index contributed by atoms with van der Waals surface area (Å²) in [6.07, 6.45) is 4.32. The highest BCUT2D eigenvalue weighted by atomic mass is 32.2. The summed E-state index contributed by atoms with van der Waals surface area (Å²) in [4.78, 5) is 4.27. The molecule has 1 rings (SSSR count). The molecule has 0 heterocycles. The molecule has 0 amide bonds. The molecular formula is C16H27N3S. The van der Waals surface area contributed by atoms with Crippen molar-refractivity contribution in [3.63, 3.8) is 0 Å². The van der Waals surface area contributed by atoms with Gasteiger partial charge in [-0.15, -0.1) is 0 Å². The molecule has 0 aromatic heterocycles. The molecule has 20 heavy (non-hydrogen) atoms. The molecule has 2 N–H and O–H groups in total. The van der Waals surface area contributed by atoms with Gasteiger partial charge in [0.15, 0.2) is 5.96 Å². The topological polar surface area (TPSA) is 36.4 Å². The molecule has 3 nitrogen and oxygen atoms in total. The zero-order valence-electron chi connectivity index (χ0n) is 13.0. The quantitative estimate of drug-likeness (QED) is 0.599. The molecule has 4 heteroatoms. The van der Waals surface area contributed by atoms with E-state index in [4.69, 9.17) is 0 Å². The van der Waals surface area contributed by atoms with Gasteiger partial charge in [-0.25, -0.2) is 0 Å². The minimum absolute atomic E-state index is 0.408. The lowest BCUT2D eigenvalue weighted by atomic mass is 10.1. The van der Waals surface area contributed by atoms with Gasteiger partial charge < -0.3 is 10.6 Å². The van der Waals surface area contributed by atoms with Gasteiger partial charge >= 0.3 is 0 Å². The third-order valence-corrected chi connectivity index (χ3v) is 4.25. The maximum atomic E-state index is 4.27. The minimum atomic E-state index is 0.408. The zero-order chi connectivity index (χ0) is 14.8. The van der Waals surface area contributed by atoms with Crippen LogP contribution in [0.4, 0.5) is 0 Å². The number of guanidine groups is 1. The monoisotopic (exact) mass is 293 g/mol. The van der Waals surface area contributed by atoms with E-state index in [2.05, 4.69) is 66.1 Å². The Bertz CT molecular complexity index is 392. The molecule has 0 aliphatic rings. The molecule has 1 aromatic carbocycles. The summed E-state index contributed by atoms with van der Waals surface area (Å²) in [6.45, 7) is 5.35. The lowest BCUT2D eigenvalue weighted by Gasteiger charge is -2.19. The largest absolute Gasteiger partial charge is 0.355 e. The number of benzene rings is 1. The predicted molar refractivity (Wildman–Crippen MR) is 91.7 cm³/mol. The lowest BCUT2D eigenvalue weighted by Crippen LogP contribution is -2.44. The number of rotatable bonds is 7. The standard InChI is InChI=1S/C16H27N3S/c1-13(10-11-15-8-6-5-7-9-15)19-16(17-3)18-12-14(2)20-4/h5-9,13-14H,10-12H2,1-4H3,(H2,17,18,19). The summed E-state index contributed by atoms with van der Waals surface area (Å²) in [5.74, 6) is 0.895. The van der Waals surface area contributed by atoms with E-state index in [1.807, 2.05) is 18.8 Å². The van der Waals surface area contributed by atoms with Crippen molar-refractivity contribution in [3.8, 4) is 0 Å². The summed E-state index contributed by atoms with van der Waals surface area (Å²) < 4.78 is 0. The van der Waals surface area contributed by atoms with E-state index < -0.39 is 0 Å². The van der Waals surface area contributed by atoms with Crippen LogP contribution in [0.3, 0.4) is 0 Å². The molecule has 0 radical (unpaired) electrons. The Morgan fingerprint density at radius 3 is 2.55 bits per heavy atom. The van der Waals surface area contributed by atoms with Crippen LogP contribution in [0.2, 0.25) is 0 Å². The zero-order valence-corrected chi connectivity index (χ0v) is 13.8. The van der Waals surface area contributed by atoms with Crippen molar-refractivity contribution in [2.45, 2.75) is 38.0 Å². The van der Waals surface area contributed by atoms with E-state index in [0.717, 1.165) is 25.3 Å². The number of aliphatic imine (C=N–C) groups is 1. The van der Waals surface area contributed by atoms with Gasteiger partial charge in [0.25, 0.3) is 0 Å². The summed E-state index contributed by atoms with van der Waals surface area (Å²) in [6, 6.07) is 11.0. The maximum Gasteiger partial charge on any atom is 0.191 e. The average molecular weight is 293 g/mol. The maximum absolute atomic E-state index is 4.27. The first-order valence-corrected chi connectivity index (χ1v) is 8.48. The van der Waals surface area contributed by atoms with Gasteiger partial charge in [-0.05, 0) is 31.6 Å². The van der Waals surface area contributed by atoms with Crippen molar-refractivity contribution in [3.05, 3.63) is 35.9 Å². The Balaban J connectivity index is 2.30. The first kappa shape index (κ1) is 16.9. The van der Waals surface area contributed by atoms with Crippen LogP contribution in [0.25, 0.3) is 0 Å². The van der Waals surface area contributed by atoms with Crippen molar-refractivity contribution < 1.29 is 0 Å².